The van der Waals surface area contributed by atoms with E-state index in [0.717, 1.165) is 74.2 Å². The molecule has 3 aromatic rings. The number of hydrogen-bond acceptors (Lipinski definition) is 10. The molecule has 0 atom stereocenters. The molecule has 0 unspecified atom stereocenters. The topological polar surface area (TPSA) is 120 Å². The Morgan fingerprint density at radius 3 is 1.02 bits per heavy atom. The van der Waals surface area contributed by atoms with E-state index < -0.39 is 0 Å². The standard InChI is InChI=1S/C38H46N4O6/c1-29(2)37(43)47-27-11-7-5-9-25-45-35-21-17-33(18-22-35)41-39-31-13-15-32(16-14-31)40-42-34-19-23-36(24-20-34)46-26-10-6-8-12-28-48-38(44)30(3)4/h13-24H,1,3,5-12,25-28H2,2,4H3. The molecule has 0 N–H and O–H groups in total. The van der Waals surface area contributed by atoms with Gasteiger partial charge in [0.05, 0.1) is 49.2 Å². The second-order valence-corrected chi connectivity index (χ2v) is 11.3. The molecule has 0 spiro atoms. The van der Waals surface area contributed by atoms with Gasteiger partial charge in [0.15, 0.2) is 0 Å². The maximum Gasteiger partial charge on any atom is 0.333 e. The summed E-state index contributed by atoms with van der Waals surface area (Å²) >= 11 is 0. The van der Waals surface area contributed by atoms with Crippen molar-refractivity contribution in [2.45, 2.75) is 65.2 Å². The summed E-state index contributed by atoms with van der Waals surface area (Å²) in [7, 11) is 0. The first kappa shape index (κ1) is 37.3. The third-order valence-electron chi connectivity index (χ3n) is 6.86. The van der Waals surface area contributed by atoms with Gasteiger partial charge in [0.25, 0.3) is 0 Å². The number of ether oxygens (including phenoxy) is 4. The Morgan fingerprint density at radius 2 is 0.729 bits per heavy atom. The quantitative estimate of drug-likeness (QED) is 0.0460. The first-order valence-electron chi connectivity index (χ1n) is 16.3. The third-order valence-corrected chi connectivity index (χ3v) is 6.86. The third kappa shape index (κ3) is 15.4. The van der Waals surface area contributed by atoms with E-state index in [0.29, 0.717) is 48.9 Å². The van der Waals surface area contributed by atoms with Crippen LogP contribution in [0.2, 0.25) is 0 Å². The van der Waals surface area contributed by atoms with Crippen molar-refractivity contribution in [1.29, 1.82) is 0 Å². The summed E-state index contributed by atoms with van der Waals surface area (Å²) < 4.78 is 21.8. The van der Waals surface area contributed by atoms with E-state index in [4.69, 9.17) is 18.9 Å². The number of azo groups is 2. The van der Waals surface area contributed by atoms with Crippen LogP contribution in [0.15, 0.2) is 118 Å². The fraction of sp³-hybridized carbons (Fsp3) is 0.368. The highest BCUT2D eigenvalue weighted by Gasteiger charge is 2.03. The lowest BCUT2D eigenvalue weighted by Crippen LogP contribution is -2.06. The van der Waals surface area contributed by atoms with Crippen LogP contribution in [-0.4, -0.2) is 38.4 Å². The van der Waals surface area contributed by atoms with Crippen LogP contribution >= 0.6 is 0 Å². The molecule has 0 aromatic heterocycles. The summed E-state index contributed by atoms with van der Waals surface area (Å²) in [5, 5.41) is 17.2. The molecule has 0 aliphatic rings. The summed E-state index contributed by atoms with van der Waals surface area (Å²) in [4.78, 5) is 22.7. The van der Waals surface area contributed by atoms with Crippen molar-refractivity contribution in [3.63, 3.8) is 0 Å². The van der Waals surface area contributed by atoms with E-state index in [1.807, 2.05) is 72.8 Å². The average Bonchev–Trinajstić information content (AvgIpc) is 3.09. The zero-order valence-corrected chi connectivity index (χ0v) is 28.1. The van der Waals surface area contributed by atoms with Crippen LogP contribution in [0.3, 0.4) is 0 Å². The Labute approximate surface area is 283 Å². The summed E-state index contributed by atoms with van der Waals surface area (Å²) in [6.45, 7) is 12.5. The summed E-state index contributed by atoms with van der Waals surface area (Å²) in [5.41, 5.74) is 3.71. The van der Waals surface area contributed by atoms with Gasteiger partial charge in [-0.05, 0) is 138 Å². The highest BCUT2D eigenvalue weighted by Crippen LogP contribution is 2.25. The molecular weight excluding hydrogens is 608 g/mol. The van der Waals surface area contributed by atoms with E-state index in [-0.39, 0.29) is 11.9 Å². The van der Waals surface area contributed by atoms with Gasteiger partial charge in [0.2, 0.25) is 0 Å². The molecule has 0 bridgehead atoms. The van der Waals surface area contributed by atoms with Gasteiger partial charge in [0.1, 0.15) is 11.5 Å². The van der Waals surface area contributed by atoms with Gasteiger partial charge in [-0.3, -0.25) is 0 Å². The molecule has 0 saturated carbocycles. The predicted octanol–water partition coefficient (Wildman–Crippen LogP) is 10.6. The molecule has 3 rings (SSSR count). The average molecular weight is 655 g/mol. The van der Waals surface area contributed by atoms with Gasteiger partial charge < -0.3 is 18.9 Å². The van der Waals surface area contributed by atoms with E-state index in [2.05, 4.69) is 33.6 Å². The number of benzene rings is 3. The maximum atomic E-state index is 11.3. The lowest BCUT2D eigenvalue weighted by atomic mass is 10.2. The summed E-state index contributed by atoms with van der Waals surface area (Å²) in [5.74, 6) is 0.902. The Kier molecular flexibility index (Phi) is 16.8. The van der Waals surface area contributed by atoms with Gasteiger partial charge >= 0.3 is 11.9 Å². The van der Waals surface area contributed by atoms with E-state index in [1.54, 1.807) is 13.8 Å². The van der Waals surface area contributed by atoms with Crippen LogP contribution in [0.25, 0.3) is 0 Å². The van der Waals surface area contributed by atoms with Crippen molar-refractivity contribution in [1.82, 2.24) is 0 Å². The summed E-state index contributed by atoms with van der Waals surface area (Å²) in [6, 6.07) is 22.3. The Hall–Kier alpha value is -5.12. The minimum Gasteiger partial charge on any atom is -0.494 e. The molecular formula is C38H46N4O6. The van der Waals surface area contributed by atoms with Crippen LogP contribution in [-0.2, 0) is 19.1 Å². The molecule has 0 radical (unpaired) electrons. The largest absolute Gasteiger partial charge is 0.494 e. The van der Waals surface area contributed by atoms with Crippen LogP contribution < -0.4 is 9.47 Å². The molecule has 3 aromatic carbocycles. The number of unbranched alkanes of at least 4 members (excludes halogenated alkanes) is 6. The lowest BCUT2D eigenvalue weighted by molar-refractivity contribution is -0.139. The molecule has 10 heteroatoms. The van der Waals surface area contributed by atoms with Gasteiger partial charge in [-0.2, -0.15) is 20.5 Å². The predicted molar refractivity (Wildman–Crippen MR) is 187 cm³/mol. The van der Waals surface area contributed by atoms with Crippen molar-refractivity contribution < 1.29 is 28.5 Å². The van der Waals surface area contributed by atoms with E-state index >= 15 is 0 Å². The lowest BCUT2D eigenvalue weighted by Gasteiger charge is -2.07. The second kappa shape index (κ2) is 21.6. The monoisotopic (exact) mass is 654 g/mol. The summed E-state index contributed by atoms with van der Waals surface area (Å²) in [6.07, 6.45) is 7.47. The molecule has 0 fully saturated rings. The van der Waals surface area contributed by atoms with E-state index in [9.17, 15) is 9.59 Å². The number of rotatable bonds is 22. The molecule has 48 heavy (non-hydrogen) atoms. The Bertz CT molecular complexity index is 1390. The highest BCUT2D eigenvalue weighted by atomic mass is 16.5. The Morgan fingerprint density at radius 1 is 0.458 bits per heavy atom. The van der Waals surface area contributed by atoms with Crippen molar-refractivity contribution in [2.75, 3.05) is 26.4 Å². The molecule has 10 nitrogen and oxygen atoms in total. The van der Waals surface area contributed by atoms with Crippen LogP contribution in [0.4, 0.5) is 22.7 Å². The minimum atomic E-state index is -0.331. The van der Waals surface area contributed by atoms with Gasteiger partial charge in [-0.25, -0.2) is 9.59 Å². The first-order chi connectivity index (χ1) is 23.3. The van der Waals surface area contributed by atoms with Crippen molar-refractivity contribution in [2.24, 2.45) is 20.5 Å². The second-order valence-electron chi connectivity index (χ2n) is 11.3. The normalized spacial score (nSPS) is 11.0. The fourth-order valence-electron chi connectivity index (χ4n) is 4.11. The number of carbonyl (C=O) groups excluding carboxylic acids is 2. The molecule has 0 saturated heterocycles. The van der Waals surface area contributed by atoms with Crippen molar-refractivity contribution >= 4 is 34.7 Å². The van der Waals surface area contributed by atoms with Gasteiger partial charge in [-0.1, -0.05) is 13.2 Å². The minimum absolute atomic E-state index is 0.331. The fourth-order valence-corrected chi connectivity index (χ4v) is 4.11. The smallest absolute Gasteiger partial charge is 0.333 e. The van der Waals surface area contributed by atoms with E-state index in [1.165, 1.54) is 0 Å². The number of nitrogens with zero attached hydrogens (tertiary/aromatic N) is 4. The maximum absolute atomic E-state index is 11.3. The molecule has 0 amide bonds. The number of carbonyl (C=O) groups is 2. The Balaban J connectivity index is 1.29. The molecule has 254 valence electrons. The SMILES string of the molecule is C=C(C)C(=O)OCCCCCCOc1ccc(N=Nc2ccc(N=Nc3ccc(OCCCCCCOC(=O)C(=C)C)cc3)cc2)cc1. The number of hydrogen-bond donors (Lipinski definition) is 0. The van der Waals surface area contributed by atoms with Crippen molar-refractivity contribution in [3.8, 4) is 11.5 Å². The van der Waals surface area contributed by atoms with Crippen LogP contribution in [0.5, 0.6) is 11.5 Å². The van der Waals surface area contributed by atoms with Gasteiger partial charge in [0, 0.05) is 11.1 Å². The number of esters is 2. The van der Waals surface area contributed by atoms with Crippen molar-refractivity contribution in [3.05, 3.63) is 97.1 Å². The highest BCUT2D eigenvalue weighted by molar-refractivity contribution is 5.87. The zero-order valence-electron chi connectivity index (χ0n) is 28.1. The molecule has 0 aliphatic heterocycles. The first-order valence-corrected chi connectivity index (χ1v) is 16.3. The van der Waals surface area contributed by atoms with Crippen LogP contribution in [0.1, 0.15) is 65.2 Å². The van der Waals surface area contributed by atoms with Crippen LogP contribution in [0, 0.1) is 0 Å². The zero-order chi connectivity index (χ0) is 34.4. The molecule has 0 heterocycles. The van der Waals surface area contributed by atoms with Gasteiger partial charge in [-0.15, -0.1) is 0 Å². The molecule has 0 aliphatic carbocycles.